The van der Waals surface area contributed by atoms with Crippen LogP contribution in [0.15, 0.2) is 30.3 Å². The number of benzene rings is 1. The summed E-state index contributed by atoms with van der Waals surface area (Å²) in [6, 6.07) is 10.8. The molecule has 0 saturated heterocycles. The molecule has 1 aromatic rings. The van der Waals surface area contributed by atoms with Gasteiger partial charge in [-0.15, -0.1) is 0 Å². The van der Waals surface area contributed by atoms with Gasteiger partial charge in [-0.05, 0) is 18.4 Å². The zero-order valence-electron chi connectivity index (χ0n) is 8.50. The summed E-state index contributed by atoms with van der Waals surface area (Å²) in [7, 11) is 0. The van der Waals surface area contributed by atoms with Gasteiger partial charge in [-0.25, -0.2) is 0 Å². The van der Waals surface area contributed by atoms with Gasteiger partial charge in [0.25, 0.3) is 0 Å². The molecule has 0 atom stereocenters. The summed E-state index contributed by atoms with van der Waals surface area (Å²) in [5.41, 5.74) is 4.59. The Morgan fingerprint density at radius 1 is 1.14 bits per heavy atom. The fourth-order valence-corrected chi connectivity index (χ4v) is 2.61. The summed E-state index contributed by atoms with van der Waals surface area (Å²) in [5.74, 6) is 5.48. The second-order valence-electron chi connectivity index (χ2n) is 4.23. The smallest absolute Gasteiger partial charge is 0.0195 e. The van der Waals surface area contributed by atoms with E-state index in [0.717, 1.165) is 6.54 Å². The highest BCUT2D eigenvalue weighted by molar-refractivity contribution is 5.27. The van der Waals surface area contributed by atoms with Crippen LogP contribution in [0.5, 0.6) is 0 Å². The van der Waals surface area contributed by atoms with Gasteiger partial charge in [0.1, 0.15) is 0 Å². The summed E-state index contributed by atoms with van der Waals surface area (Å²) in [5, 5.41) is 0. The van der Waals surface area contributed by atoms with Crippen LogP contribution in [0, 0.1) is 0 Å². The van der Waals surface area contributed by atoms with Crippen molar-refractivity contribution in [2.45, 2.75) is 31.1 Å². The van der Waals surface area contributed by atoms with E-state index in [2.05, 4.69) is 35.8 Å². The molecule has 0 aliphatic heterocycles. The van der Waals surface area contributed by atoms with Crippen molar-refractivity contribution in [1.29, 1.82) is 0 Å². The first-order valence-electron chi connectivity index (χ1n) is 5.36. The van der Waals surface area contributed by atoms with E-state index in [1.165, 1.54) is 31.2 Å². The van der Waals surface area contributed by atoms with E-state index in [4.69, 9.17) is 5.84 Å². The van der Waals surface area contributed by atoms with Crippen LogP contribution in [0.3, 0.4) is 0 Å². The molecule has 14 heavy (non-hydrogen) atoms. The van der Waals surface area contributed by atoms with Crippen LogP contribution in [-0.4, -0.2) is 6.54 Å². The van der Waals surface area contributed by atoms with Gasteiger partial charge in [0.2, 0.25) is 0 Å². The predicted molar refractivity (Wildman–Crippen MR) is 58.8 cm³/mol. The minimum atomic E-state index is 0.302. The molecule has 3 N–H and O–H groups in total. The lowest BCUT2D eigenvalue weighted by Gasteiger charge is -2.29. The van der Waals surface area contributed by atoms with Crippen molar-refractivity contribution >= 4 is 0 Å². The fourth-order valence-electron chi connectivity index (χ4n) is 2.61. The predicted octanol–water partition coefficient (Wildman–Crippen LogP) is 1.96. The van der Waals surface area contributed by atoms with Gasteiger partial charge < -0.3 is 0 Å². The number of hydrogen-bond acceptors (Lipinski definition) is 2. The third kappa shape index (κ3) is 1.68. The van der Waals surface area contributed by atoms with Crippen molar-refractivity contribution in [3.05, 3.63) is 35.9 Å². The average molecular weight is 190 g/mol. The Morgan fingerprint density at radius 3 is 2.36 bits per heavy atom. The first-order chi connectivity index (χ1) is 6.87. The maximum Gasteiger partial charge on any atom is 0.0195 e. The van der Waals surface area contributed by atoms with E-state index in [9.17, 15) is 0 Å². The molecular formula is C12H18N2. The van der Waals surface area contributed by atoms with E-state index < -0.39 is 0 Å². The Bertz CT molecular complexity index is 276. The lowest BCUT2D eigenvalue weighted by molar-refractivity contribution is 0.410. The third-order valence-corrected chi connectivity index (χ3v) is 3.39. The van der Waals surface area contributed by atoms with E-state index in [1.807, 2.05) is 0 Å². The molecule has 2 rings (SSSR count). The normalized spacial score (nSPS) is 19.8. The average Bonchev–Trinajstić information content (AvgIpc) is 2.70. The number of nitrogens with one attached hydrogen (secondary N) is 1. The van der Waals surface area contributed by atoms with Gasteiger partial charge in [0.15, 0.2) is 0 Å². The third-order valence-electron chi connectivity index (χ3n) is 3.39. The molecule has 76 valence electrons. The molecule has 1 saturated carbocycles. The molecule has 1 aliphatic carbocycles. The first-order valence-corrected chi connectivity index (χ1v) is 5.36. The second-order valence-corrected chi connectivity index (χ2v) is 4.23. The minimum Gasteiger partial charge on any atom is -0.271 e. The first kappa shape index (κ1) is 9.69. The van der Waals surface area contributed by atoms with Crippen molar-refractivity contribution in [3.63, 3.8) is 0 Å². The fraction of sp³-hybridized carbons (Fsp3) is 0.500. The van der Waals surface area contributed by atoms with E-state index in [-0.39, 0.29) is 0 Å². The van der Waals surface area contributed by atoms with Gasteiger partial charge in [0.05, 0.1) is 0 Å². The monoisotopic (exact) mass is 190 g/mol. The van der Waals surface area contributed by atoms with Crippen LogP contribution >= 0.6 is 0 Å². The molecule has 1 aromatic carbocycles. The maximum atomic E-state index is 5.48. The molecule has 0 unspecified atom stereocenters. The molecule has 2 nitrogen and oxygen atoms in total. The van der Waals surface area contributed by atoms with Crippen LogP contribution in [0.4, 0.5) is 0 Å². The molecule has 0 spiro atoms. The summed E-state index contributed by atoms with van der Waals surface area (Å²) in [4.78, 5) is 0. The quantitative estimate of drug-likeness (QED) is 0.565. The second kappa shape index (κ2) is 4.11. The Hall–Kier alpha value is -0.860. The van der Waals surface area contributed by atoms with Gasteiger partial charge in [-0.3, -0.25) is 11.3 Å². The molecule has 1 aliphatic rings. The Kier molecular flexibility index (Phi) is 2.85. The summed E-state index contributed by atoms with van der Waals surface area (Å²) in [6.07, 6.45) is 5.19. The summed E-state index contributed by atoms with van der Waals surface area (Å²) >= 11 is 0. The lowest BCUT2D eigenvalue weighted by Crippen LogP contribution is -2.39. The van der Waals surface area contributed by atoms with Gasteiger partial charge in [-0.2, -0.15) is 0 Å². The molecule has 0 aromatic heterocycles. The number of nitrogens with two attached hydrogens (primary N) is 1. The summed E-state index contributed by atoms with van der Waals surface area (Å²) in [6.45, 7) is 0.900. The zero-order chi connectivity index (χ0) is 9.86. The van der Waals surface area contributed by atoms with Crippen LogP contribution in [-0.2, 0) is 5.41 Å². The Balaban J connectivity index is 2.27. The topological polar surface area (TPSA) is 38.0 Å². The standard InChI is InChI=1S/C12H18N2/c13-14-10-12(8-4-5-9-12)11-6-2-1-3-7-11/h1-3,6-7,14H,4-5,8-10,13H2. The maximum absolute atomic E-state index is 5.48. The van der Waals surface area contributed by atoms with Crippen LogP contribution in [0.2, 0.25) is 0 Å². The minimum absolute atomic E-state index is 0.302. The molecule has 1 fully saturated rings. The van der Waals surface area contributed by atoms with Crippen molar-refractivity contribution in [2.24, 2.45) is 5.84 Å². The number of hydrogen-bond donors (Lipinski definition) is 2. The summed E-state index contributed by atoms with van der Waals surface area (Å²) < 4.78 is 0. The Labute approximate surface area is 85.5 Å². The number of rotatable bonds is 3. The highest BCUT2D eigenvalue weighted by atomic mass is 15.2. The molecular weight excluding hydrogens is 172 g/mol. The Morgan fingerprint density at radius 2 is 1.79 bits per heavy atom. The molecule has 0 heterocycles. The van der Waals surface area contributed by atoms with Gasteiger partial charge >= 0.3 is 0 Å². The molecule has 0 radical (unpaired) electrons. The van der Waals surface area contributed by atoms with Gasteiger partial charge in [-0.1, -0.05) is 43.2 Å². The molecule has 2 heteroatoms. The lowest BCUT2D eigenvalue weighted by atomic mass is 9.79. The van der Waals surface area contributed by atoms with Crippen molar-refractivity contribution in [1.82, 2.24) is 5.43 Å². The van der Waals surface area contributed by atoms with Crippen molar-refractivity contribution in [2.75, 3.05) is 6.54 Å². The number of hydrazine groups is 1. The SMILES string of the molecule is NNCC1(c2ccccc2)CCCC1. The highest BCUT2D eigenvalue weighted by Crippen LogP contribution is 2.40. The van der Waals surface area contributed by atoms with Crippen LogP contribution in [0.1, 0.15) is 31.2 Å². The molecule has 0 amide bonds. The van der Waals surface area contributed by atoms with Crippen LogP contribution in [0.25, 0.3) is 0 Å². The van der Waals surface area contributed by atoms with Gasteiger partial charge in [0, 0.05) is 12.0 Å². The zero-order valence-corrected chi connectivity index (χ0v) is 8.50. The van der Waals surface area contributed by atoms with E-state index in [0.29, 0.717) is 5.41 Å². The van der Waals surface area contributed by atoms with E-state index >= 15 is 0 Å². The van der Waals surface area contributed by atoms with Crippen molar-refractivity contribution < 1.29 is 0 Å². The van der Waals surface area contributed by atoms with Crippen molar-refractivity contribution in [3.8, 4) is 0 Å². The van der Waals surface area contributed by atoms with E-state index in [1.54, 1.807) is 0 Å². The molecule has 0 bridgehead atoms. The highest BCUT2D eigenvalue weighted by Gasteiger charge is 2.34. The largest absolute Gasteiger partial charge is 0.271 e. The van der Waals surface area contributed by atoms with Crippen LogP contribution < -0.4 is 11.3 Å².